The third-order valence-electron chi connectivity index (χ3n) is 2.16. The van der Waals surface area contributed by atoms with Gasteiger partial charge < -0.3 is 14.6 Å². The molecule has 2 unspecified atom stereocenters. The maximum atomic E-state index is 10.9. The van der Waals surface area contributed by atoms with Crippen molar-refractivity contribution >= 4 is 22.8 Å². The number of oxazole rings is 1. The summed E-state index contributed by atoms with van der Waals surface area (Å²) in [6.07, 6.45) is -0.907. The molecular formula is C9H9ClN2O4. The Morgan fingerprint density at radius 1 is 1.56 bits per heavy atom. The number of nitrogens with zero attached hydrogens (tertiary/aromatic N) is 1. The summed E-state index contributed by atoms with van der Waals surface area (Å²) in [5.74, 6) is -0.719. The minimum absolute atomic E-state index is 0.101. The minimum Gasteiger partial charge on any atom is -0.406 e. The molecule has 2 aromatic heterocycles. The van der Waals surface area contributed by atoms with Crippen LogP contribution in [0.1, 0.15) is 11.7 Å². The minimum atomic E-state index is -1.16. The van der Waals surface area contributed by atoms with Crippen LogP contribution in [-0.4, -0.2) is 32.2 Å². The first-order valence-corrected chi connectivity index (χ1v) is 5.06. The predicted molar refractivity (Wildman–Crippen MR) is 56.3 cm³/mol. The predicted octanol–water partition coefficient (Wildman–Crippen LogP) is 0.149. The van der Waals surface area contributed by atoms with Crippen molar-refractivity contribution in [1.82, 2.24) is 9.97 Å². The fraction of sp³-hybridized carbons (Fsp3) is 0.333. The largest absolute Gasteiger partial charge is 0.418 e. The topological polar surface area (TPSA) is 99.4 Å². The Kier molecular flexibility index (Phi) is 2.95. The van der Waals surface area contributed by atoms with Crippen molar-refractivity contribution in [2.24, 2.45) is 0 Å². The van der Waals surface area contributed by atoms with E-state index in [1.165, 1.54) is 12.3 Å². The van der Waals surface area contributed by atoms with E-state index in [0.717, 1.165) is 0 Å². The fourth-order valence-electron chi connectivity index (χ4n) is 1.32. The second-order valence-corrected chi connectivity index (χ2v) is 3.61. The van der Waals surface area contributed by atoms with Gasteiger partial charge in [0.15, 0.2) is 11.2 Å². The highest BCUT2D eigenvalue weighted by Gasteiger charge is 2.18. The molecule has 2 heterocycles. The van der Waals surface area contributed by atoms with Crippen molar-refractivity contribution in [3.05, 3.63) is 28.4 Å². The Bertz CT molecular complexity index is 550. The van der Waals surface area contributed by atoms with Gasteiger partial charge in [-0.05, 0) is 6.07 Å². The number of hydrogen-bond donors (Lipinski definition) is 3. The highest BCUT2D eigenvalue weighted by atomic mass is 35.5. The first-order chi connectivity index (χ1) is 7.61. The molecule has 0 spiro atoms. The lowest BCUT2D eigenvalue weighted by Crippen LogP contribution is -2.19. The molecule has 2 aromatic rings. The highest BCUT2D eigenvalue weighted by molar-refractivity contribution is 6.18. The monoisotopic (exact) mass is 244 g/mol. The van der Waals surface area contributed by atoms with Crippen LogP contribution in [0.15, 0.2) is 21.5 Å². The van der Waals surface area contributed by atoms with Gasteiger partial charge in [0.2, 0.25) is 0 Å². The number of aliphatic hydroxyl groups excluding tert-OH is 2. The molecule has 0 aliphatic carbocycles. The molecule has 16 heavy (non-hydrogen) atoms. The van der Waals surface area contributed by atoms with Crippen LogP contribution in [0.3, 0.4) is 0 Å². The number of alkyl halides is 1. The van der Waals surface area contributed by atoms with Crippen LogP contribution in [-0.2, 0) is 0 Å². The van der Waals surface area contributed by atoms with E-state index in [9.17, 15) is 15.0 Å². The lowest BCUT2D eigenvalue weighted by molar-refractivity contribution is 0.0325. The molecule has 86 valence electrons. The molecule has 0 saturated carbocycles. The van der Waals surface area contributed by atoms with E-state index in [1.807, 2.05) is 0 Å². The van der Waals surface area contributed by atoms with Gasteiger partial charge in [-0.1, -0.05) is 0 Å². The summed E-state index contributed by atoms with van der Waals surface area (Å²) in [4.78, 5) is 17.1. The summed E-state index contributed by atoms with van der Waals surface area (Å²) in [7, 11) is 0. The second-order valence-electron chi connectivity index (χ2n) is 3.30. The molecule has 6 nitrogen and oxygen atoms in total. The highest BCUT2D eigenvalue weighted by Crippen LogP contribution is 2.19. The molecule has 3 N–H and O–H groups in total. The maximum absolute atomic E-state index is 10.9. The molecule has 0 saturated heterocycles. The number of aliphatic hydroxyl groups is 2. The van der Waals surface area contributed by atoms with E-state index >= 15 is 0 Å². The van der Waals surface area contributed by atoms with Crippen molar-refractivity contribution < 1.29 is 14.6 Å². The number of fused-ring (bicyclic) bond motifs is 1. The summed E-state index contributed by atoms with van der Waals surface area (Å²) in [5, 5.41) is 19.0. The Balaban J connectivity index is 2.42. The average molecular weight is 245 g/mol. The van der Waals surface area contributed by atoms with E-state index < -0.39 is 18.0 Å². The number of aromatic nitrogens is 2. The van der Waals surface area contributed by atoms with Crippen molar-refractivity contribution in [1.29, 1.82) is 0 Å². The van der Waals surface area contributed by atoms with E-state index in [2.05, 4.69) is 9.97 Å². The van der Waals surface area contributed by atoms with Gasteiger partial charge in [-0.25, -0.2) is 9.78 Å². The summed E-state index contributed by atoms with van der Waals surface area (Å²) in [5.41, 5.74) is 0.855. The van der Waals surface area contributed by atoms with Crippen LogP contribution in [0.4, 0.5) is 0 Å². The molecule has 0 amide bonds. The molecular weight excluding hydrogens is 236 g/mol. The standard InChI is InChI=1S/C9H9ClN2O4/c10-2-5(13)7(14)4-1-6-8(11-3-4)12-9(15)16-6/h1,3,5,7,13-14H,2H2,(H,11,12,15). The third-order valence-corrected chi connectivity index (χ3v) is 2.48. The summed E-state index contributed by atoms with van der Waals surface area (Å²) < 4.78 is 4.77. The summed E-state index contributed by atoms with van der Waals surface area (Å²) >= 11 is 5.41. The molecule has 0 bridgehead atoms. The molecule has 0 radical (unpaired) electrons. The fourth-order valence-corrected chi connectivity index (χ4v) is 1.49. The number of aromatic amines is 1. The summed E-state index contributed by atoms with van der Waals surface area (Å²) in [6, 6.07) is 1.43. The molecule has 0 aromatic carbocycles. The third kappa shape index (κ3) is 1.95. The lowest BCUT2D eigenvalue weighted by Gasteiger charge is -2.14. The first kappa shape index (κ1) is 11.1. The quantitative estimate of drug-likeness (QED) is 0.668. The first-order valence-electron chi connectivity index (χ1n) is 4.52. The van der Waals surface area contributed by atoms with E-state index in [1.54, 1.807) is 0 Å². The zero-order valence-electron chi connectivity index (χ0n) is 8.05. The molecule has 0 aliphatic rings. The zero-order valence-corrected chi connectivity index (χ0v) is 8.81. The van der Waals surface area contributed by atoms with Crippen LogP contribution in [0.2, 0.25) is 0 Å². The van der Waals surface area contributed by atoms with Gasteiger partial charge in [0.05, 0.1) is 12.0 Å². The van der Waals surface area contributed by atoms with Gasteiger partial charge in [-0.2, -0.15) is 0 Å². The molecule has 7 heteroatoms. The molecule has 2 rings (SSSR count). The van der Waals surface area contributed by atoms with Crippen molar-refractivity contribution in [2.75, 3.05) is 5.88 Å². The van der Waals surface area contributed by atoms with Crippen molar-refractivity contribution in [2.45, 2.75) is 12.2 Å². The van der Waals surface area contributed by atoms with Gasteiger partial charge in [0.25, 0.3) is 0 Å². The van der Waals surface area contributed by atoms with Crippen LogP contribution >= 0.6 is 11.6 Å². The van der Waals surface area contributed by atoms with E-state index in [-0.39, 0.29) is 11.5 Å². The number of pyridine rings is 1. The summed E-state index contributed by atoms with van der Waals surface area (Å²) in [6.45, 7) is 0. The molecule has 0 fully saturated rings. The van der Waals surface area contributed by atoms with Gasteiger partial charge in [0.1, 0.15) is 6.10 Å². The van der Waals surface area contributed by atoms with Crippen LogP contribution in [0.5, 0.6) is 0 Å². The van der Waals surface area contributed by atoms with E-state index in [4.69, 9.17) is 16.0 Å². The van der Waals surface area contributed by atoms with Gasteiger partial charge >= 0.3 is 5.76 Å². The van der Waals surface area contributed by atoms with Gasteiger partial charge in [0, 0.05) is 11.8 Å². The van der Waals surface area contributed by atoms with E-state index in [0.29, 0.717) is 11.2 Å². The van der Waals surface area contributed by atoms with Crippen molar-refractivity contribution in [3.63, 3.8) is 0 Å². The van der Waals surface area contributed by atoms with Crippen LogP contribution in [0, 0.1) is 0 Å². The van der Waals surface area contributed by atoms with Gasteiger partial charge in [-0.15, -0.1) is 11.6 Å². The SMILES string of the molecule is O=c1[nH]c2ncc(C(O)C(O)CCl)cc2o1. The molecule has 2 atom stereocenters. The maximum Gasteiger partial charge on any atom is 0.418 e. The normalized spacial score (nSPS) is 15.2. The number of rotatable bonds is 3. The van der Waals surface area contributed by atoms with Crippen LogP contribution < -0.4 is 5.76 Å². The van der Waals surface area contributed by atoms with Crippen LogP contribution in [0.25, 0.3) is 11.2 Å². The smallest absolute Gasteiger partial charge is 0.406 e. The second kappa shape index (κ2) is 4.25. The zero-order chi connectivity index (χ0) is 11.7. The number of H-pyrrole nitrogens is 1. The van der Waals surface area contributed by atoms with Gasteiger partial charge in [-0.3, -0.25) is 4.98 Å². The Hall–Kier alpha value is -1.37. The Morgan fingerprint density at radius 3 is 3.00 bits per heavy atom. The lowest BCUT2D eigenvalue weighted by atomic mass is 10.1. The number of hydrogen-bond acceptors (Lipinski definition) is 5. The van der Waals surface area contributed by atoms with Crippen molar-refractivity contribution in [3.8, 4) is 0 Å². The number of nitrogens with one attached hydrogen (secondary N) is 1. The number of halogens is 1. The Morgan fingerprint density at radius 2 is 2.31 bits per heavy atom. The molecule has 0 aliphatic heterocycles. The Labute approximate surface area is 94.5 Å². The average Bonchev–Trinajstić information content (AvgIpc) is 2.65.